The molecule has 0 N–H and O–H groups in total. The van der Waals surface area contributed by atoms with Gasteiger partial charge >= 0.3 is 6.18 Å². The van der Waals surface area contributed by atoms with Crippen molar-refractivity contribution in [3.63, 3.8) is 0 Å². The predicted molar refractivity (Wildman–Crippen MR) is 131 cm³/mol. The van der Waals surface area contributed by atoms with Crippen LogP contribution in [-0.4, -0.2) is 0 Å². The van der Waals surface area contributed by atoms with Gasteiger partial charge in [-0.05, 0) is 66.8 Å². The molecule has 37 heavy (non-hydrogen) atoms. The lowest BCUT2D eigenvalue weighted by molar-refractivity contribution is -0.142. The number of rotatable bonds is 5. The van der Waals surface area contributed by atoms with Gasteiger partial charge in [-0.15, -0.1) is 0 Å². The highest BCUT2D eigenvalue weighted by molar-refractivity contribution is 5.89. The molecule has 0 bridgehead atoms. The van der Waals surface area contributed by atoms with Crippen molar-refractivity contribution in [3.8, 4) is 23.0 Å². The third-order valence-electron chi connectivity index (χ3n) is 7.13. The summed E-state index contributed by atoms with van der Waals surface area (Å²) < 4.78 is 97.2. The summed E-state index contributed by atoms with van der Waals surface area (Å²) in [7, 11) is 0. The molecule has 4 rings (SSSR count). The Kier molecular flexibility index (Phi) is 8.16. The van der Waals surface area contributed by atoms with Gasteiger partial charge in [0.1, 0.15) is 28.8 Å². The number of halogens is 7. The van der Waals surface area contributed by atoms with Crippen molar-refractivity contribution in [1.29, 1.82) is 0 Å². The standard InChI is InChI=1S/C30H27F7/c1-2-3-4-5-18-6-8-19(9-7-18)10-11-20-14-24(31)27(25(32)15-20)21-12-13-23-22(16-21)17-26(33)28(29(23)34)30(35,36)37/h12-19H,2-9H2,1H3. The van der Waals surface area contributed by atoms with E-state index in [1.54, 1.807) is 0 Å². The van der Waals surface area contributed by atoms with Crippen molar-refractivity contribution < 1.29 is 30.7 Å². The Labute approximate surface area is 211 Å². The average molecular weight is 521 g/mol. The average Bonchev–Trinajstić information content (AvgIpc) is 2.82. The molecule has 1 fully saturated rings. The molecule has 0 atom stereocenters. The molecule has 0 saturated heterocycles. The Balaban J connectivity index is 1.54. The number of benzene rings is 3. The SMILES string of the molecule is CCCCCC1CCC(C#Cc2cc(F)c(-c3ccc4c(F)c(C(F)(F)F)c(F)cc4c3)c(F)c2)CC1. The number of unbranched alkanes of at least 4 members (excludes halogenated alkanes) is 2. The minimum Gasteiger partial charge on any atom is -0.206 e. The fourth-order valence-electron chi connectivity index (χ4n) is 5.13. The third-order valence-corrected chi connectivity index (χ3v) is 7.13. The van der Waals surface area contributed by atoms with Gasteiger partial charge in [-0.1, -0.05) is 56.6 Å². The van der Waals surface area contributed by atoms with Crippen LogP contribution in [0.25, 0.3) is 21.9 Å². The highest BCUT2D eigenvalue weighted by atomic mass is 19.4. The molecule has 0 unspecified atom stereocenters. The normalized spacial score (nSPS) is 18.1. The van der Waals surface area contributed by atoms with Crippen molar-refractivity contribution in [2.45, 2.75) is 64.5 Å². The van der Waals surface area contributed by atoms with E-state index in [-0.39, 0.29) is 22.4 Å². The minimum absolute atomic E-state index is 0.0537. The zero-order chi connectivity index (χ0) is 26.7. The molecule has 0 heterocycles. The van der Waals surface area contributed by atoms with Crippen molar-refractivity contribution in [3.05, 3.63) is 70.8 Å². The number of hydrogen-bond donors (Lipinski definition) is 0. The quantitative estimate of drug-likeness (QED) is 0.178. The first-order chi connectivity index (χ1) is 17.6. The van der Waals surface area contributed by atoms with Gasteiger partial charge in [-0.2, -0.15) is 13.2 Å². The molecule has 0 nitrogen and oxygen atoms in total. The molecule has 3 aromatic carbocycles. The summed E-state index contributed by atoms with van der Waals surface area (Å²) >= 11 is 0. The van der Waals surface area contributed by atoms with Gasteiger partial charge in [-0.3, -0.25) is 0 Å². The van der Waals surface area contributed by atoms with Crippen LogP contribution in [0.4, 0.5) is 30.7 Å². The fraction of sp³-hybridized carbons (Fsp3) is 0.400. The van der Waals surface area contributed by atoms with Crippen LogP contribution in [0.2, 0.25) is 0 Å². The molecule has 0 aliphatic heterocycles. The predicted octanol–water partition coefficient (Wildman–Crippen LogP) is 9.82. The first-order valence-electron chi connectivity index (χ1n) is 12.6. The smallest absolute Gasteiger partial charge is 0.206 e. The molecule has 196 valence electrons. The second-order valence-electron chi connectivity index (χ2n) is 9.78. The topological polar surface area (TPSA) is 0 Å². The molecule has 1 saturated carbocycles. The van der Waals surface area contributed by atoms with Crippen molar-refractivity contribution >= 4 is 10.8 Å². The molecule has 0 aromatic heterocycles. The fourth-order valence-corrected chi connectivity index (χ4v) is 5.13. The monoisotopic (exact) mass is 520 g/mol. The number of alkyl halides is 3. The van der Waals surface area contributed by atoms with E-state index >= 15 is 0 Å². The summed E-state index contributed by atoms with van der Waals surface area (Å²) in [5.41, 5.74) is -2.32. The molecular weight excluding hydrogens is 493 g/mol. The third kappa shape index (κ3) is 6.11. The van der Waals surface area contributed by atoms with Gasteiger partial charge in [0.2, 0.25) is 0 Å². The van der Waals surface area contributed by atoms with Crippen LogP contribution in [0.3, 0.4) is 0 Å². The summed E-state index contributed by atoms with van der Waals surface area (Å²) in [6.07, 6.45) is 3.87. The van der Waals surface area contributed by atoms with Gasteiger partial charge in [-0.25, -0.2) is 17.6 Å². The maximum Gasteiger partial charge on any atom is 0.422 e. The molecule has 0 spiro atoms. The summed E-state index contributed by atoms with van der Waals surface area (Å²) in [6.45, 7) is 2.19. The van der Waals surface area contributed by atoms with Crippen LogP contribution < -0.4 is 0 Å². The van der Waals surface area contributed by atoms with Gasteiger partial charge in [0, 0.05) is 16.9 Å². The molecule has 7 heteroatoms. The Morgan fingerprint density at radius 3 is 2.14 bits per heavy atom. The Morgan fingerprint density at radius 2 is 1.51 bits per heavy atom. The highest BCUT2D eigenvalue weighted by Gasteiger charge is 2.38. The van der Waals surface area contributed by atoms with Crippen LogP contribution >= 0.6 is 0 Å². The molecule has 1 aliphatic carbocycles. The Hall–Kier alpha value is -3.01. The van der Waals surface area contributed by atoms with Crippen molar-refractivity contribution in [2.75, 3.05) is 0 Å². The molecular formula is C30H27F7. The van der Waals surface area contributed by atoms with Gasteiger partial charge < -0.3 is 0 Å². The Bertz CT molecular complexity index is 1310. The van der Waals surface area contributed by atoms with Gasteiger partial charge in [0.05, 0.1) is 5.56 Å². The minimum atomic E-state index is -5.22. The summed E-state index contributed by atoms with van der Waals surface area (Å²) in [4.78, 5) is 0. The van der Waals surface area contributed by atoms with E-state index in [0.717, 1.165) is 61.9 Å². The van der Waals surface area contributed by atoms with E-state index in [1.807, 2.05) is 0 Å². The lowest BCUT2D eigenvalue weighted by Gasteiger charge is -2.25. The van der Waals surface area contributed by atoms with E-state index in [4.69, 9.17) is 0 Å². The molecule has 1 aliphatic rings. The van der Waals surface area contributed by atoms with E-state index < -0.39 is 46.0 Å². The maximum absolute atomic E-state index is 14.9. The van der Waals surface area contributed by atoms with Crippen molar-refractivity contribution in [1.82, 2.24) is 0 Å². The lowest BCUT2D eigenvalue weighted by Crippen LogP contribution is -2.13. The first kappa shape index (κ1) is 27.0. The Morgan fingerprint density at radius 1 is 0.838 bits per heavy atom. The van der Waals surface area contributed by atoms with Crippen molar-refractivity contribution in [2.24, 2.45) is 11.8 Å². The molecule has 0 radical (unpaired) electrons. The van der Waals surface area contributed by atoms with Crippen LogP contribution in [0.5, 0.6) is 0 Å². The lowest BCUT2D eigenvalue weighted by atomic mass is 9.80. The summed E-state index contributed by atoms with van der Waals surface area (Å²) in [5, 5.41) is -0.741. The van der Waals surface area contributed by atoms with Crippen LogP contribution in [0.15, 0.2) is 36.4 Å². The summed E-state index contributed by atoms with van der Waals surface area (Å²) in [6, 6.07) is 5.83. The number of hydrogen-bond acceptors (Lipinski definition) is 0. The first-order valence-corrected chi connectivity index (χ1v) is 12.6. The van der Waals surface area contributed by atoms with Gasteiger partial charge in [0.25, 0.3) is 0 Å². The molecule has 3 aromatic rings. The highest BCUT2D eigenvalue weighted by Crippen LogP contribution is 2.38. The van der Waals surface area contributed by atoms with E-state index in [2.05, 4.69) is 18.8 Å². The van der Waals surface area contributed by atoms with Crippen LogP contribution in [-0.2, 0) is 6.18 Å². The maximum atomic E-state index is 14.9. The second-order valence-corrected chi connectivity index (χ2v) is 9.78. The van der Waals surface area contributed by atoms with E-state index in [9.17, 15) is 30.7 Å². The number of fused-ring (bicyclic) bond motifs is 1. The van der Waals surface area contributed by atoms with E-state index in [0.29, 0.717) is 6.07 Å². The summed E-state index contributed by atoms with van der Waals surface area (Å²) in [5.74, 6) is 1.51. The van der Waals surface area contributed by atoms with Crippen LogP contribution in [0.1, 0.15) is 69.4 Å². The van der Waals surface area contributed by atoms with Gasteiger partial charge in [0.15, 0.2) is 0 Å². The zero-order valence-corrected chi connectivity index (χ0v) is 20.4. The van der Waals surface area contributed by atoms with Crippen LogP contribution in [0, 0.1) is 46.9 Å². The second kappa shape index (κ2) is 11.2. The molecule has 0 amide bonds. The zero-order valence-electron chi connectivity index (χ0n) is 20.4. The van der Waals surface area contributed by atoms with E-state index in [1.165, 1.54) is 25.7 Å². The largest absolute Gasteiger partial charge is 0.422 e.